The van der Waals surface area contributed by atoms with Gasteiger partial charge in [-0.05, 0) is 30.3 Å². The second-order valence-electron chi connectivity index (χ2n) is 3.69. The van der Waals surface area contributed by atoms with Gasteiger partial charge in [-0.1, -0.05) is 0 Å². The van der Waals surface area contributed by atoms with E-state index in [4.69, 9.17) is 9.52 Å². The third-order valence-electron chi connectivity index (χ3n) is 2.31. The van der Waals surface area contributed by atoms with E-state index in [0.717, 1.165) is 0 Å². The highest BCUT2D eigenvalue weighted by atomic mass is 16.6. The molecular weight excluding hydrogens is 266 g/mol. The van der Waals surface area contributed by atoms with E-state index in [0.29, 0.717) is 5.69 Å². The summed E-state index contributed by atoms with van der Waals surface area (Å²) >= 11 is 0. The molecule has 0 aliphatic rings. The van der Waals surface area contributed by atoms with Crippen LogP contribution in [0.4, 0.5) is 11.6 Å². The lowest BCUT2D eigenvalue weighted by atomic mass is 10.2. The number of furan rings is 1. The van der Waals surface area contributed by atoms with Gasteiger partial charge in [0.1, 0.15) is 4.92 Å². The quantitative estimate of drug-likeness (QED) is 0.491. The van der Waals surface area contributed by atoms with E-state index in [1.807, 2.05) is 0 Å². The maximum absolute atomic E-state index is 10.7. The van der Waals surface area contributed by atoms with Crippen LogP contribution in [0, 0.1) is 10.1 Å². The fourth-order valence-electron chi connectivity index (χ4n) is 1.37. The number of carbonyl (C=O) groups is 1. The van der Waals surface area contributed by atoms with Gasteiger partial charge in [-0.25, -0.2) is 4.79 Å². The summed E-state index contributed by atoms with van der Waals surface area (Å²) in [5.41, 5.74) is 3.39. The van der Waals surface area contributed by atoms with Crippen LogP contribution in [0.25, 0.3) is 0 Å². The summed E-state index contributed by atoms with van der Waals surface area (Å²) in [5, 5.41) is 23.0. The minimum absolute atomic E-state index is 0.168. The minimum Gasteiger partial charge on any atom is -0.478 e. The van der Waals surface area contributed by atoms with Crippen LogP contribution in [0.1, 0.15) is 16.1 Å². The highest BCUT2D eigenvalue weighted by molar-refractivity contribution is 5.88. The van der Waals surface area contributed by atoms with Crippen molar-refractivity contribution in [2.75, 3.05) is 5.43 Å². The molecule has 0 saturated heterocycles. The van der Waals surface area contributed by atoms with E-state index in [2.05, 4.69) is 10.5 Å². The van der Waals surface area contributed by atoms with Gasteiger partial charge in [0.05, 0.1) is 23.5 Å². The van der Waals surface area contributed by atoms with Crippen molar-refractivity contribution >= 4 is 23.8 Å². The average molecular weight is 275 g/mol. The molecule has 0 radical (unpaired) electrons. The van der Waals surface area contributed by atoms with E-state index in [1.165, 1.54) is 30.5 Å². The molecule has 2 rings (SSSR count). The van der Waals surface area contributed by atoms with Crippen molar-refractivity contribution in [1.29, 1.82) is 0 Å². The molecule has 0 bridgehead atoms. The zero-order valence-corrected chi connectivity index (χ0v) is 10.0. The lowest BCUT2D eigenvalue weighted by Crippen LogP contribution is -1.96. The number of nitrogens with one attached hydrogen (secondary N) is 1. The smallest absolute Gasteiger partial charge is 0.433 e. The van der Waals surface area contributed by atoms with Gasteiger partial charge in [-0.15, -0.1) is 0 Å². The molecule has 0 atom stereocenters. The Hall–Kier alpha value is -3.16. The van der Waals surface area contributed by atoms with Crippen LogP contribution < -0.4 is 5.43 Å². The van der Waals surface area contributed by atoms with Gasteiger partial charge in [-0.3, -0.25) is 15.5 Å². The Bertz CT molecular complexity index is 660. The molecule has 102 valence electrons. The number of benzene rings is 1. The summed E-state index contributed by atoms with van der Waals surface area (Å²) in [6.07, 6.45) is 1.28. The molecule has 2 N–H and O–H groups in total. The topological polar surface area (TPSA) is 118 Å². The molecule has 1 aromatic heterocycles. The first-order chi connectivity index (χ1) is 9.56. The molecule has 2 aromatic rings. The number of hydrazone groups is 1. The first-order valence-corrected chi connectivity index (χ1v) is 5.43. The Morgan fingerprint density at radius 3 is 2.55 bits per heavy atom. The van der Waals surface area contributed by atoms with Gasteiger partial charge in [0.2, 0.25) is 0 Å². The predicted molar refractivity (Wildman–Crippen MR) is 70.0 cm³/mol. The molecule has 8 heteroatoms. The van der Waals surface area contributed by atoms with Gasteiger partial charge in [0, 0.05) is 0 Å². The average Bonchev–Trinajstić information content (AvgIpc) is 2.88. The van der Waals surface area contributed by atoms with Gasteiger partial charge >= 0.3 is 11.9 Å². The van der Waals surface area contributed by atoms with Crippen molar-refractivity contribution in [2.24, 2.45) is 5.10 Å². The molecule has 0 amide bonds. The zero-order chi connectivity index (χ0) is 14.5. The molecular formula is C12H9N3O5. The molecule has 20 heavy (non-hydrogen) atoms. The number of hydrogen-bond acceptors (Lipinski definition) is 6. The minimum atomic E-state index is -1.01. The molecule has 0 aliphatic heterocycles. The van der Waals surface area contributed by atoms with Gasteiger partial charge in [-0.2, -0.15) is 5.10 Å². The number of nitro groups is 1. The largest absolute Gasteiger partial charge is 0.478 e. The normalized spacial score (nSPS) is 10.6. The van der Waals surface area contributed by atoms with Crippen LogP contribution in [-0.4, -0.2) is 22.2 Å². The number of hydrogen-bond donors (Lipinski definition) is 2. The first kappa shape index (κ1) is 13.3. The molecule has 1 aromatic carbocycles. The number of aromatic carboxylic acids is 1. The highest BCUT2D eigenvalue weighted by Gasteiger charge is 2.10. The molecule has 0 spiro atoms. The van der Waals surface area contributed by atoms with Crippen LogP contribution in [0.5, 0.6) is 0 Å². The molecule has 1 heterocycles. The number of rotatable bonds is 5. The lowest BCUT2D eigenvalue weighted by Gasteiger charge is -1.99. The van der Waals surface area contributed by atoms with E-state index in [1.54, 1.807) is 12.1 Å². The van der Waals surface area contributed by atoms with E-state index in [-0.39, 0.29) is 17.2 Å². The Morgan fingerprint density at radius 1 is 1.30 bits per heavy atom. The zero-order valence-electron chi connectivity index (χ0n) is 10.0. The Labute approximate surface area is 112 Å². The predicted octanol–water partition coefficient (Wildman–Crippen LogP) is 2.33. The van der Waals surface area contributed by atoms with Crippen molar-refractivity contribution in [3.63, 3.8) is 0 Å². The number of carboxylic acids is 1. The fourth-order valence-corrected chi connectivity index (χ4v) is 1.37. The van der Waals surface area contributed by atoms with Crippen LogP contribution in [0.3, 0.4) is 0 Å². The maximum Gasteiger partial charge on any atom is 0.433 e. The number of nitrogens with zero attached hydrogens (tertiary/aromatic N) is 2. The maximum atomic E-state index is 10.7. The summed E-state index contributed by atoms with van der Waals surface area (Å²) in [6.45, 7) is 0. The molecule has 0 fully saturated rings. The summed E-state index contributed by atoms with van der Waals surface area (Å²) in [4.78, 5) is 20.4. The Kier molecular flexibility index (Phi) is 3.75. The van der Waals surface area contributed by atoms with Crippen LogP contribution in [0.2, 0.25) is 0 Å². The van der Waals surface area contributed by atoms with Crippen molar-refractivity contribution in [2.45, 2.75) is 0 Å². The molecule has 8 nitrogen and oxygen atoms in total. The number of anilines is 1. The van der Waals surface area contributed by atoms with Crippen molar-refractivity contribution in [1.82, 2.24) is 0 Å². The van der Waals surface area contributed by atoms with Gasteiger partial charge in [0.25, 0.3) is 0 Å². The number of carboxylic acid groups (broad SMARTS) is 1. The van der Waals surface area contributed by atoms with Crippen LogP contribution >= 0.6 is 0 Å². The SMILES string of the molecule is O=C(O)c1ccc(N/N=C/c2ccc([N+](=O)[O-])o2)cc1. The highest BCUT2D eigenvalue weighted by Crippen LogP contribution is 2.14. The monoisotopic (exact) mass is 275 g/mol. The summed E-state index contributed by atoms with van der Waals surface area (Å²) in [6, 6.07) is 8.59. The van der Waals surface area contributed by atoms with Crippen molar-refractivity contribution < 1.29 is 19.2 Å². The lowest BCUT2D eigenvalue weighted by molar-refractivity contribution is -0.402. The molecule has 0 aliphatic carbocycles. The van der Waals surface area contributed by atoms with Crippen molar-refractivity contribution in [3.8, 4) is 0 Å². The fraction of sp³-hybridized carbons (Fsp3) is 0. The summed E-state index contributed by atoms with van der Waals surface area (Å²) in [7, 11) is 0. The standard InChI is InChI=1S/C12H9N3O5/c16-12(17)8-1-3-9(4-2-8)14-13-7-10-5-6-11(20-10)15(18)19/h1-7,14H,(H,16,17)/b13-7+. The molecule has 0 unspecified atom stereocenters. The van der Waals surface area contributed by atoms with Gasteiger partial charge in [0.15, 0.2) is 5.76 Å². The summed E-state index contributed by atoms with van der Waals surface area (Å²) < 4.78 is 4.87. The van der Waals surface area contributed by atoms with E-state index < -0.39 is 10.9 Å². The van der Waals surface area contributed by atoms with Crippen molar-refractivity contribution in [3.05, 3.63) is 57.8 Å². The van der Waals surface area contributed by atoms with E-state index in [9.17, 15) is 14.9 Å². The van der Waals surface area contributed by atoms with Gasteiger partial charge < -0.3 is 9.52 Å². The first-order valence-electron chi connectivity index (χ1n) is 5.43. The second-order valence-corrected chi connectivity index (χ2v) is 3.69. The third kappa shape index (κ3) is 3.19. The Morgan fingerprint density at radius 2 is 2.00 bits per heavy atom. The second kappa shape index (κ2) is 5.65. The van der Waals surface area contributed by atoms with E-state index >= 15 is 0 Å². The van der Waals surface area contributed by atoms with Crippen LogP contribution in [-0.2, 0) is 0 Å². The molecule has 0 saturated carbocycles. The third-order valence-corrected chi connectivity index (χ3v) is 2.31. The Balaban J connectivity index is 1.98. The summed E-state index contributed by atoms with van der Waals surface area (Å²) in [5.74, 6) is -1.15. The van der Waals surface area contributed by atoms with Crippen LogP contribution in [0.15, 0.2) is 45.9 Å².